The van der Waals surface area contributed by atoms with Crippen LogP contribution in [0, 0.1) is 0 Å². The van der Waals surface area contributed by atoms with Gasteiger partial charge in [0.25, 0.3) is 5.91 Å². The van der Waals surface area contributed by atoms with Crippen molar-refractivity contribution in [2.75, 3.05) is 24.4 Å². The molecule has 1 aromatic rings. The Bertz CT molecular complexity index is 662. The molecular weight excluding hydrogens is 322 g/mol. The number of halogens is 1. The van der Waals surface area contributed by atoms with E-state index >= 15 is 0 Å². The quantitative estimate of drug-likeness (QED) is 0.862. The van der Waals surface area contributed by atoms with Crippen molar-refractivity contribution in [2.45, 2.75) is 25.9 Å². The number of nitrogens with zero attached hydrogens (tertiary/aromatic N) is 1. The number of carbonyl (C=O) groups is 2. The summed E-state index contributed by atoms with van der Waals surface area (Å²) in [5.74, 6) is -0.629. The number of benzene rings is 1. The smallest absolute Gasteiger partial charge is 0.271 e. The molecule has 0 radical (unpaired) electrons. The summed E-state index contributed by atoms with van der Waals surface area (Å²) in [6, 6.07) is 4.79. The third-order valence-corrected chi connectivity index (χ3v) is 3.57. The third kappa shape index (κ3) is 4.20. The molecule has 1 heterocycles. The molecule has 0 aliphatic carbocycles. The highest BCUT2D eigenvalue weighted by Crippen LogP contribution is 2.28. The summed E-state index contributed by atoms with van der Waals surface area (Å²) in [5.41, 5.74) is 0.673. The molecule has 0 bridgehead atoms. The van der Waals surface area contributed by atoms with Crippen molar-refractivity contribution in [3.05, 3.63) is 23.2 Å². The SMILES string of the molecule is COCC(=O)Nc1ccc(NC(=O)C2(C)CC(C)=NO2)cc1Cl. The van der Waals surface area contributed by atoms with Gasteiger partial charge in [-0.05, 0) is 32.0 Å². The Balaban J connectivity index is 2.03. The molecule has 1 aromatic carbocycles. The van der Waals surface area contributed by atoms with Crippen molar-refractivity contribution in [3.63, 3.8) is 0 Å². The first kappa shape index (κ1) is 17.2. The number of anilines is 2. The number of amides is 2. The van der Waals surface area contributed by atoms with Crippen molar-refractivity contribution in [1.29, 1.82) is 0 Å². The number of nitrogens with one attached hydrogen (secondary N) is 2. The lowest BCUT2D eigenvalue weighted by Gasteiger charge is -2.20. The largest absolute Gasteiger partial charge is 0.379 e. The molecule has 1 atom stereocenters. The van der Waals surface area contributed by atoms with Crippen molar-refractivity contribution in [2.24, 2.45) is 5.16 Å². The number of hydrogen-bond donors (Lipinski definition) is 2. The second-order valence-corrected chi connectivity index (χ2v) is 5.86. The second-order valence-electron chi connectivity index (χ2n) is 5.46. The van der Waals surface area contributed by atoms with Gasteiger partial charge in [-0.15, -0.1) is 0 Å². The van der Waals surface area contributed by atoms with E-state index in [2.05, 4.69) is 15.8 Å². The number of hydrogen-bond acceptors (Lipinski definition) is 5. The van der Waals surface area contributed by atoms with Crippen LogP contribution < -0.4 is 10.6 Å². The van der Waals surface area contributed by atoms with Gasteiger partial charge < -0.3 is 20.2 Å². The van der Waals surface area contributed by atoms with E-state index in [1.807, 2.05) is 0 Å². The van der Waals surface area contributed by atoms with Crippen LogP contribution in [0.25, 0.3) is 0 Å². The summed E-state index contributed by atoms with van der Waals surface area (Å²) >= 11 is 6.11. The minimum Gasteiger partial charge on any atom is -0.379 e. The molecule has 2 rings (SSSR count). The van der Waals surface area contributed by atoms with Gasteiger partial charge >= 0.3 is 0 Å². The second kappa shape index (κ2) is 6.97. The Morgan fingerprint density at radius 2 is 2.17 bits per heavy atom. The van der Waals surface area contributed by atoms with Crippen molar-refractivity contribution < 1.29 is 19.2 Å². The van der Waals surface area contributed by atoms with Crippen molar-refractivity contribution in [1.82, 2.24) is 0 Å². The van der Waals surface area contributed by atoms with Crippen molar-refractivity contribution >= 4 is 40.5 Å². The predicted octanol–water partition coefficient (Wildman–Crippen LogP) is 2.42. The number of rotatable bonds is 5. The maximum Gasteiger partial charge on any atom is 0.271 e. The van der Waals surface area contributed by atoms with E-state index in [1.54, 1.807) is 32.0 Å². The Kier molecular flexibility index (Phi) is 5.23. The molecule has 0 saturated heterocycles. The lowest BCUT2D eigenvalue weighted by molar-refractivity contribution is -0.135. The zero-order chi connectivity index (χ0) is 17.0. The number of methoxy groups -OCH3 is 1. The summed E-state index contributed by atoms with van der Waals surface area (Å²) in [6.45, 7) is 3.40. The topological polar surface area (TPSA) is 89.0 Å². The summed E-state index contributed by atoms with van der Waals surface area (Å²) in [6.07, 6.45) is 0.428. The van der Waals surface area contributed by atoms with Gasteiger partial charge in [0.2, 0.25) is 11.5 Å². The van der Waals surface area contributed by atoms with E-state index in [9.17, 15) is 9.59 Å². The zero-order valence-corrected chi connectivity index (χ0v) is 13.9. The zero-order valence-electron chi connectivity index (χ0n) is 13.1. The molecule has 1 aliphatic rings. The lowest BCUT2D eigenvalue weighted by Crippen LogP contribution is -2.40. The first-order valence-electron chi connectivity index (χ1n) is 6.95. The fraction of sp³-hybridized carbons (Fsp3) is 0.400. The Hall–Kier alpha value is -2.12. The monoisotopic (exact) mass is 339 g/mol. The third-order valence-electron chi connectivity index (χ3n) is 3.25. The van der Waals surface area contributed by atoms with Crippen LogP contribution in [0.3, 0.4) is 0 Å². The molecule has 2 N–H and O–H groups in total. The minimum atomic E-state index is -1.03. The van der Waals surface area contributed by atoms with Gasteiger partial charge in [0.1, 0.15) is 6.61 Å². The highest BCUT2D eigenvalue weighted by Gasteiger charge is 2.40. The molecule has 1 aliphatic heterocycles. The average Bonchev–Trinajstić information content (AvgIpc) is 2.83. The molecule has 8 heteroatoms. The van der Waals surface area contributed by atoms with Crippen LogP contribution in [0.15, 0.2) is 23.4 Å². The van der Waals surface area contributed by atoms with E-state index in [0.29, 0.717) is 22.8 Å². The van der Waals surface area contributed by atoms with E-state index in [4.69, 9.17) is 21.2 Å². The van der Waals surface area contributed by atoms with E-state index in [1.165, 1.54) is 7.11 Å². The lowest BCUT2D eigenvalue weighted by atomic mass is 9.99. The number of ether oxygens (including phenoxy) is 1. The first-order chi connectivity index (χ1) is 10.8. The molecule has 0 spiro atoms. The molecular formula is C15H18ClN3O4. The summed E-state index contributed by atoms with van der Waals surface area (Å²) in [5, 5.41) is 9.45. The van der Waals surface area contributed by atoms with Crippen LogP contribution >= 0.6 is 11.6 Å². The van der Waals surface area contributed by atoms with E-state index < -0.39 is 5.60 Å². The highest BCUT2D eigenvalue weighted by atomic mass is 35.5. The van der Waals surface area contributed by atoms with Gasteiger partial charge in [-0.3, -0.25) is 9.59 Å². The minimum absolute atomic E-state index is 0.0656. The van der Waals surface area contributed by atoms with E-state index in [0.717, 1.165) is 5.71 Å². The van der Waals surface area contributed by atoms with E-state index in [-0.39, 0.29) is 18.4 Å². The van der Waals surface area contributed by atoms with Crippen LogP contribution in [0.2, 0.25) is 5.02 Å². The maximum absolute atomic E-state index is 12.3. The molecule has 23 heavy (non-hydrogen) atoms. The molecule has 2 amide bonds. The molecule has 0 aromatic heterocycles. The van der Waals surface area contributed by atoms with Gasteiger partial charge in [0.15, 0.2) is 0 Å². The van der Waals surface area contributed by atoms with Crippen LogP contribution in [0.5, 0.6) is 0 Å². The first-order valence-corrected chi connectivity index (χ1v) is 7.33. The molecule has 7 nitrogen and oxygen atoms in total. The molecule has 0 fully saturated rings. The maximum atomic E-state index is 12.3. The van der Waals surface area contributed by atoms with Crippen LogP contribution in [0.1, 0.15) is 20.3 Å². The van der Waals surface area contributed by atoms with Gasteiger partial charge in [0.05, 0.1) is 16.4 Å². The Labute approximate surface area is 139 Å². The molecule has 1 unspecified atom stereocenters. The van der Waals surface area contributed by atoms with Gasteiger partial charge in [-0.2, -0.15) is 0 Å². The average molecular weight is 340 g/mol. The normalized spacial score (nSPS) is 19.7. The number of carbonyl (C=O) groups excluding carboxylic acids is 2. The Morgan fingerprint density at radius 3 is 2.74 bits per heavy atom. The van der Waals surface area contributed by atoms with Crippen LogP contribution in [-0.2, 0) is 19.2 Å². The van der Waals surface area contributed by atoms with Gasteiger partial charge in [0, 0.05) is 19.2 Å². The predicted molar refractivity (Wildman–Crippen MR) is 87.8 cm³/mol. The Morgan fingerprint density at radius 1 is 1.43 bits per heavy atom. The molecule has 124 valence electrons. The fourth-order valence-electron chi connectivity index (χ4n) is 2.13. The van der Waals surface area contributed by atoms with Crippen molar-refractivity contribution in [3.8, 4) is 0 Å². The summed E-state index contributed by atoms with van der Waals surface area (Å²) in [4.78, 5) is 29.0. The van der Waals surface area contributed by atoms with Crippen LogP contribution in [0.4, 0.5) is 11.4 Å². The summed E-state index contributed by atoms with van der Waals surface area (Å²) < 4.78 is 4.73. The van der Waals surface area contributed by atoms with Gasteiger partial charge in [-0.25, -0.2) is 0 Å². The van der Waals surface area contributed by atoms with Gasteiger partial charge in [-0.1, -0.05) is 16.8 Å². The highest BCUT2D eigenvalue weighted by molar-refractivity contribution is 6.34. The number of oxime groups is 1. The fourth-order valence-corrected chi connectivity index (χ4v) is 2.36. The standard InChI is InChI=1S/C15H18ClN3O4/c1-9-7-15(2,23-19-9)14(21)17-10-4-5-12(11(16)6-10)18-13(20)8-22-3/h4-6H,7-8H2,1-3H3,(H,17,21)(H,18,20). The van der Waals surface area contributed by atoms with Crippen LogP contribution in [-0.4, -0.2) is 36.8 Å². The summed E-state index contributed by atoms with van der Waals surface area (Å²) in [7, 11) is 1.43. The molecule has 0 saturated carbocycles.